The molecule has 1 aromatic rings. The Morgan fingerprint density at radius 3 is 2.50 bits per heavy atom. The standard InChI is InChI=1S/C14H22N2O3S/c1-4-15(10-12-7-6-8-20-12)14(19)16(5-2)11(3)9-13(17)18/h6-8,11H,4-5,9-10H2,1-3H3,(H,17,18). The summed E-state index contributed by atoms with van der Waals surface area (Å²) in [7, 11) is 0. The van der Waals surface area contributed by atoms with E-state index in [4.69, 9.17) is 5.11 Å². The van der Waals surface area contributed by atoms with E-state index in [-0.39, 0.29) is 18.5 Å². The summed E-state index contributed by atoms with van der Waals surface area (Å²) in [6.07, 6.45) is -0.0316. The number of hydrogen-bond donors (Lipinski definition) is 1. The molecule has 6 heteroatoms. The van der Waals surface area contributed by atoms with Crippen molar-refractivity contribution in [2.24, 2.45) is 0 Å². The fraction of sp³-hybridized carbons (Fsp3) is 0.571. The van der Waals surface area contributed by atoms with E-state index in [0.29, 0.717) is 19.6 Å². The largest absolute Gasteiger partial charge is 0.481 e. The molecule has 1 unspecified atom stereocenters. The normalized spacial score (nSPS) is 11.9. The maximum Gasteiger partial charge on any atom is 0.320 e. The van der Waals surface area contributed by atoms with E-state index in [9.17, 15) is 9.59 Å². The van der Waals surface area contributed by atoms with Gasteiger partial charge >= 0.3 is 12.0 Å². The number of carboxylic acids is 1. The summed E-state index contributed by atoms with van der Waals surface area (Å²) in [5.74, 6) is -0.884. The molecule has 0 fully saturated rings. The van der Waals surface area contributed by atoms with Gasteiger partial charge < -0.3 is 14.9 Å². The van der Waals surface area contributed by atoms with Crippen LogP contribution < -0.4 is 0 Å². The number of amides is 2. The molecule has 0 aromatic carbocycles. The van der Waals surface area contributed by atoms with Crippen LogP contribution in [0.3, 0.4) is 0 Å². The zero-order valence-corrected chi connectivity index (χ0v) is 13.0. The highest BCUT2D eigenvalue weighted by Crippen LogP contribution is 2.15. The molecule has 5 nitrogen and oxygen atoms in total. The zero-order valence-electron chi connectivity index (χ0n) is 12.2. The van der Waals surface area contributed by atoms with Crippen molar-refractivity contribution < 1.29 is 14.7 Å². The fourth-order valence-corrected chi connectivity index (χ4v) is 2.80. The van der Waals surface area contributed by atoms with Crippen LogP contribution >= 0.6 is 11.3 Å². The van der Waals surface area contributed by atoms with Crippen LogP contribution in [0.2, 0.25) is 0 Å². The first-order valence-electron chi connectivity index (χ1n) is 6.79. The van der Waals surface area contributed by atoms with Crippen molar-refractivity contribution in [1.29, 1.82) is 0 Å². The highest BCUT2D eigenvalue weighted by molar-refractivity contribution is 7.09. The summed E-state index contributed by atoms with van der Waals surface area (Å²) < 4.78 is 0. The Labute approximate surface area is 123 Å². The number of carboxylic acid groups (broad SMARTS) is 1. The second-order valence-electron chi connectivity index (χ2n) is 4.61. The Morgan fingerprint density at radius 2 is 2.05 bits per heavy atom. The molecule has 1 N–H and O–H groups in total. The highest BCUT2D eigenvalue weighted by Gasteiger charge is 2.24. The van der Waals surface area contributed by atoms with Gasteiger partial charge in [-0.05, 0) is 32.2 Å². The third kappa shape index (κ3) is 4.52. The average molecular weight is 298 g/mol. The molecule has 0 bridgehead atoms. The van der Waals surface area contributed by atoms with Gasteiger partial charge in [0.05, 0.1) is 13.0 Å². The first-order chi connectivity index (χ1) is 9.49. The van der Waals surface area contributed by atoms with Gasteiger partial charge in [-0.1, -0.05) is 6.07 Å². The van der Waals surface area contributed by atoms with Gasteiger partial charge in [0.2, 0.25) is 0 Å². The van der Waals surface area contributed by atoms with Gasteiger partial charge in [0.1, 0.15) is 0 Å². The molecule has 1 rings (SSSR count). The Kier molecular flexibility index (Phi) is 6.51. The minimum absolute atomic E-state index is 0.0316. The summed E-state index contributed by atoms with van der Waals surface area (Å²) in [6, 6.07) is 3.56. The second kappa shape index (κ2) is 7.89. The van der Waals surface area contributed by atoms with Crippen molar-refractivity contribution in [3.63, 3.8) is 0 Å². The molecule has 0 aliphatic rings. The van der Waals surface area contributed by atoms with Crippen LogP contribution in [-0.4, -0.2) is 46.0 Å². The number of aliphatic carboxylic acids is 1. The van der Waals surface area contributed by atoms with Crippen molar-refractivity contribution in [3.05, 3.63) is 22.4 Å². The van der Waals surface area contributed by atoms with E-state index in [1.807, 2.05) is 31.4 Å². The van der Waals surface area contributed by atoms with E-state index < -0.39 is 5.97 Å². The molecular weight excluding hydrogens is 276 g/mol. The van der Waals surface area contributed by atoms with Crippen LogP contribution in [0.25, 0.3) is 0 Å². The third-order valence-electron chi connectivity index (χ3n) is 3.17. The summed E-state index contributed by atoms with van der Waals surface area (Å²) in [5, 5.41) is 10.8. The van der Waals surface area contributed by atoms with E-state index in [0.717, 1.165) is 4.88 Å². The van der Waals surface area contributed by atoms with E-state index in [1.54, 1.807) is 28.1 Å². The van der Waals surface area contributed by atoms with Gasteiger partial charge in [0, 0.05) is 24.0 Å². The number of carbonyl (C=O) groups is 2. The van der Waals surface area contributed by atoms with Crippen molar-refractivity contribution in [2.75, 3.05) is 13.1 Å². The number of thiophene rings is 1. The number of nitrogens with zero attached hydrogens (tertiary/aromatic N) is 2. The third-order valence-corrected chi connectivity index (χ3v) is 4.03. The molecule has 0 radical (unpaired) electrons. The first kappa shape index (κ1) is 16.5. The number of rotatable bonds is 7. The van der Waals surface area contributed by atoms with E-state index >= 15 is 0 Å². The Bertz CT molecular complexity index is 434. The first-order valence-corrected chi connectivity index (χ1v) is 7.67. The summed E-state index contributed by atoms with van der Waals surface area (Å²) >= 11 is 1.62. The van der Waals surface area contributed by atoms with Crippen LogP contribution in [0.1, 0.15) is 32.1 Å². The van der Waals surface area contributed by atoms with E-state index in [2.05, 4.69) is 0 Å². The summed E-state index contributed by atoms with van der Waals surface area (Å²) in [6.45, 7) is 7.26. The van der Waals surface area contributed by atoms with Crippen molar-refractivity contribution in [1.82, 2.24) is 9.80 Å². The molecule has 0 spiro atoms. The quantitative estimate of drug-likeness (QED) is 0.842. The predicted molar refractivity (Wildman–Crippen MR) is 79.9 cm³/mol. The molecule has 112 valence electrons. The summed E-state index contributed by atoms with van der Waals surface area (Å²) in [5.41, 5.74) is 0. The van der Waals surface area contributed by atoms with Gasteiger partial charge in [-0.3, -0.25) is 4.79 Å². The van der Waals surface area contributed by atoms with Crippen LogP contribution in [0, 0.1) is 0 Å². The Balaban J connectivity index is 2.73. The lowest BCUT2D eigenvalue weighted by molar-refractivity contribution is -0.138. The molecule has 0 aliphatic heterocycles. The van der Waals surface area contributed by atoms with Gasteiger partial charge in [0.15, 0.2) is 0 Å². The Hall–Kier alpha value is -1.56. The lowest BCUT2D eigenvalue weighted by Gasteiger charge is -2.32. The lowest BCUT2D eigenvalue weighted by atomic mass is 10.2. The van der Waals surface area contributed by atoms with Gasteiger partial charge in [-0.2, -0.15) is 0 Å². The summed E-state index contributed by atoms with van der Waals surface area (Å²) in [4.78, 5) is 27.8. The second-order valence-corrected chi connectivity index (χ2v) is 5.64. The maximum atomic E-state index is 12.5. The lowest BCUT2D eigenvalue weighted by Crippen LogP contribution is -2.47. The number of hydrogen-bond acceptors (Lipinski definition) is 3. The van der Waals surface area contributed by atoms with E-state index in [1.165, 1.54) is 0 Å². The molecular formula is C14H22N2O3S. The molecule has 0 aliphatic carbocycles. The topological polar surface area (TPSA) is 60.9 Å². The van der Waals surface area contributed by atoms with Gasteiger partial charge in [0.25, 0.3) is 0 Å². The molecule has 2 amide bonds. The highest BCUT2D eigenvalue weighted by atomic mass is 32.1. The smallest absolute Gasteiger partial charge is 0.320 e. The number of carbonyl (C=O) groups excluding carboxylic acids is 1. The van der Waals surface area contributed by atoms with Crippen molar-refractivity contribution >= 4 is 23.3 Å². The average Bonchev–Trinajstić information content (AvgIpc) is 2.88. The SMILES string of the molecule is CCN(Cc1cccs1)C(=O)N(CC)C(C)CC(=O)O. The molecule has 20 heavy (non-hydrogen) atoms. The molecule has 0 saturated heterocycles. The Morgan fingerprint density at radius 1 is 1.35 bits per heavy atom. The van der Waals surface area contributed by atoms with Gasteiger partial charge in [-0.25, -0.2) is 4.79 Å². The molecule has 1 aromatic heterocycles. The van der Waals surface area contributed by atoms with Crippen molar-refractivity contribution in [3.8, 4) is 0 Å². The predicted octanol–water partition coefficient (Wildman–Crippen LogP) is 2.88. The van der Waals surface area contributed by atoms with Crippen LogP contribution in [0.15, 0.2) is 17.5 Å². The molecule has 1 heterocycles. The van der Waals surface area contributed by atoms with Crippen LogP contribution in [-0.2, 0) is 11.3 Å². The molecule has 0 saturated carbocycles. The minimum atomic E-state index is -0.884. The minimum Gasteiger partial charge on any atom is -0.481 e. The van der Waals surface area contributed by atoms with Crippen molar-refractivity contribution in [2.45, 2.75) is 39.8 Å². The monoisotopic (exact) mass is 298 g/mol. The fourth-order valence-electron chi connectivity index (χ4n) is 2.09. The van der Waals surface area contributed by atoms with Crippen LogP contribution in [0.4, 0.5) is 4.79 Å². The number of urea groups is 1. The van der Waals surface area contributed by atoms with Crippen LogP contribution in [0.5, 0.6) is 0 Å². The zero-order chi connectivity index (χ0) is 15.1. The maximum absolute atomic E-state index is 12.5. The van der Waals surface area contributed by atoms with Gasteiger partial charge in [-0.15, -0.1) is 11.3 Å². The molecule has 1 atom stereocenters.